The maximum Gasteiger partial charge on any atom is 0.211 e. The Bertz CT molecular complexity index is 1470. The first-order valence-corrected chi connectivity index (χ1v) is 13.8. The molecule has 11 heteroatoms. The fourth-order valence-electron chi connectivity index (χ4n) is 5.00. The molecule has 0 radical (unpaired) electrons. The molecule has 4 aromatic rings. The van der Waals surface area contributed by atoms with Crippen LogP contribution in [0.1, 0.15) is 5.56 Å². The Kier molecular flexibility index (Phi) is 5.72. The van der Waals surface area contributed by atoms with Crippen LogP contribution in [0.2, 0.25) is 0 Å². The van der Waals surface area contributed by atoms with E-state index in [9.17, 15) is 8.42 Å². The van der Waals surface area contributed by atoms with Crippen LogP contribution in [0.5, 0.6) is 0 Å². The van der Waals surface area contributed by atoms with Gasteiger partial charge in [-0.1, -0.05) is 12.1 Å². The summed E-state index contributed by atoms with van der Waals surface area (Å²) in [5, 5.41) is 6.01. The van der Waals surface area contributed by atoms with E-state index in [0.29, 0.717) is 45.2 Å². The number of nitrogens with zero attached hydrogens (tertiary/aromatic N) is 6. The van der Waals surface area contributed by atoms with E-state index < -0.39 is 10.0 Å². The summed E-state index contributed by atoms with van der Waals surface area (Å²) in [4.78, 5) is 12.9. The standard InChI is InChI=1S/C24H29N7O3S/c1-35(32,33)30-9-7-28(8-10-30)16-18-15-22-24(29-11-13-34-14-12-29)26-23(27-31(22)17-18)20-3-2-4-21-19(20)5-6-25-21/h2-6,15,17,25H,7-14,16H2,1H3. The van der Waals surface area contributed by atoms with Crippen LogP contribution in [0.25, 0.3) is 27.8 Å². The lowest BCUT2D eigenvalue weighted by Crippen LogP contribution is -2.47. The van der Waals surface area contributed by atoms with Crippen molar-refractivity contribution in [2.24, 2.45) is 0 Å². The average Bonchev–Trinajstić information content (AvgIpc) is 3.50. The van der Waals surface area contributed by atoms with Crippen molar-refractivity contribution in [2.75, 3.05) is 63.6 Å². The van der Waals surface area contributed by atoms with Crippen molar-refractivity contribution in [1.29, 1.82) is 0 Å². The number of anilines is 1. The molecule has 2 aliphatic rings. The Hall–Kier alpha value is -2.99. The van der Waals surface area contributed by atoms with Gasteiger partial charge in [-0.15, -0.1) is 5.10 Å². The third-order valence-electron chi connectivity index (χ3n) is 6.85. The fraction of sp³-hybridized carbons (Fsp3) is 0.417. The molecule has 2 aliphatic heterocycles. The minimum atomic E-state index is -3.14. The van der Waals surface area contributed by atoms with Gasteiger partial charge in [0.15, 0.2) is 11.6 Å². The number of ether oxygens (including phenoxy) is 1. The molecule has 3 aromatic heterocycles. The number of fused-ring (bicyclic) bond motifs is 2. The molecule has 1 N–H and O–H groups in total. The Morgan fingerprint density at radius 1 is 1.06 bits per heavy atom. The second-order valence-corrected chi connectivity index (χ2v) is 11.2. The summed E-state index contributed by atoms with van der Waals surface area (Å²) in [5.74, 6) is 1.60. The highest BCUT2D eigenvalue weighted by atomic mass is 32.2. The third-order valence-corrected chi connectivity index (χ3v) is 8.16. The number of aromatic amines is 1. The lowest BCUT2D eigenvalue weighted by Gasteiger charge is -2.32. The van der Waals surface area contributed by atoms with Crippen LogP contribution in [0.15, 0.2) is 42.7 Å². The lowest BCUT2D eigenvalue weighted by molar-refractivity contribution is 0.122. The molecule has 0 amide bonds. The van der Waals surface area contributed by atoms with E-state index in [0.717, 1.165) is 53.0 Å². The summed E-state index contributed by atoms with van der Waals surface area (Å²) in [7, 11) is -3.14. The number of hydrogen-bond acceptors (Lipinski definition) is 7. The van der Waals surface area contributed by atoms with Crippen molar-refractivity contribution in [2.45, 2.75) is 6.54 Å². The zero-order valence-electron chi connectivity index (χ0n) is 19.7. The number of morpholine rings is 1. The zero-order chi connectivity index (χ0) is 24.0. The maximum absolute atomic E-state index is 11.8. The van der Waals surface area contributed by atoms with Gasteiger partial charge < -0.3 is 14.6 Å². The van der Waals surface area contributed by atoms with Gasteiger partial charge in [-0.05, 0) is 23.8 Å². The van der Waals surface area contributed by atoms with Gasteiger partial charge >= 0.3 is 0 Å². The number of aromatic nitrogens is 4. The molecule has 0 saturated carbocycles. The number of piperazine rings is 1. The van der Waals surface area contributed by atoms with Crippen LogP contribution in [-0.2, 0) is 21.3 Å². The molecule has 0 spiro atoms. The molecule has 0 unspecified atom stereocenters. The summed E-state index contributed by atoms with van der Waals surface area (Å²) in [6.45, 7) is 6.14. The number of H-pyrrole nitrogens is 1. The van der Waals surface area contributed by atoms with E-state index in [4.69, 9.17) is 14.8 Å². The highest BCUT2D eigenvalue weighted by Crippen LogP contribution is 2.30. The van der Waals surface area contributed by atoms with Crippen molar-refractivity contribution in [1.82, 2.24) is 28.8 Å². The number of benzene rings is 1. The van der Waals surface area contributed by atoms with E-state index in [1.165, 1.54) is 6.26 Å². The molecule has 0 bridgehead atoms. The van der Waals surface area contributed by atoms with Gasteiger partial charge in [-0.3, -0.25) is 4.90 Å². The van der Waals surface area contributed by atoms with Crippen molar-refractivity contribution in [3.05, 3.63) is 48.3 Å². The van der Waals surface area contributed by atoms with E-state index in [1.54, 1.807) is 4.31 Å². The van der Waals surface area contributed by atoms with Gasteiger partial charge in [0, 0.05) is 74.7 Å². The molecule has 0 aliphatic carbocycles. The molecule has 5 heterocycles. The van der Waals surface area contributed by atoms with Crippen molar-refractivity contribution in [3.8, 4) is 11.4 Å². The molecule has 2 saturated heterocycles. The number of rotatable bonds is 5. The summed E-state index contributed by atoms with van der Waals surface area (Å²) in [6.07, 6.45) is 5.29. The first-order chi connectivity index (χ1) is 17.0. The normalized spacial score (nSPS) is 18.6. The topological polar surface area (TPSA) is 99.1 Å². The molecule has 1 aromatic carbocycles. The van der Waals surface area contributed by atoms with Crippen molar-refractivity contribution < 1.29 is 13.2 Å². The fourth-order valence-corrected chi connectivity index (χ4v) is 5.83. The molecule has 35 heavy (non-hydrogen) atoms. The van der Waals surface area contributed by atoms with Crippen molar-refractivity contribution >= 4 is 32.3 Å². The number of sulfonamides is 1. The quantitative estimate of drug-likeness (QED) is 0.451. The highest BCUT2D eigenvalue weighted by molar-refractivity contribution is 7.88. The van der Waals surface area contributed by atoms with Crippen LogP contribution in [0.4, 0.5) is 5.82 Å². The van der Waals surface area contributed by atoms with Crippen molar-refractivity contribution in [3.63, 3.8) is 0 Å². The summed E-state index contributed by atoms with van der Waals surface area (Å²) < 4.78 is 32.8. The Labute approximate surface area is 204 Å². The summed E-state index contributed by atoms with van der Waals surface area (Å²) in [6, 6.07) is 10.4. The van der Waals surface area contributed by atoms with E-state index in [1.807, 2.05) is 16.8 Å². The van der Waals surface area contributed by atoms with Gasteiger partial charge in [-0.2, -0.15) is 4.31 Å². The molecule has 6 rings (SSSR count). The molecule has 184 valence electrons. The van der Waals surface area contributed by atoms with Gasteiger partial charge in [0.25, 0.3) is 0 Å². The number of nitrogens with one attached hydrogen (secondary N) is 1. The Morgan fingerprint density at radius 2 is 1.86 bits per heavy atom. The van der Waals surface area contributed by atoms with Gasteiger partial charge in [0.2, 0.25) is 10.0 Å². The van der Waals surface area contributed by atoms with Crippen LogP contribution in [-0.4, -0.2) is 95.9 Å². The van der Waals surface area contributed by atoms with Crippen LogP contribution in [0.3, 0.4) is 0 Å². The maximum atomic E-state index is 11.8. The van der Waals surface area contributed by atoms with E-state index >= 15 is 0 Å². The highest BCUT2D eigenvalue weighted by Gasteiger charge is 2.25. The van der Waals surface area contributed by atoms with Gasteiger partial charge in [-0.25, -0.2) is 17.9 Å². The minimum Gasteiger partial charge on any atom is -0.378 e. The summed E-state index contributed by atoms with van der Waals surface area (Å²) in [5.41, 5.74) is 4.16. The van der Waals surface area contributed by atoms with Gasteiger partial charge in [0.1, 0.15) is 5.52 Å². The van der Waals surface area contributed by atoms with Crippen LogP contribution < -0.4 is 4.90 Å². The zero-order valence-corrected chi connectivity index (χ0v) is 20.5. The molecule has 0 atom stereocenters. The Morgan fingerprint density at radius 3 is 2.63 bits per heavy atom. The lowest BCUT2D eigenvalue weighted by atomic mass is 10.1. The first-order valence-electron chi connectivity index (χ1n) is 11.9. The minimum absolute atomic E-state index is 0.524. The van der Waals surface area contributed by atoms with Gasteiger partial charge in [0.05, 0.1) is 19.5 Å². The second kappa shape index (κ2) is 8.90. The molecular formula is C24H29N7O3S. The average molecular weight is 496 g/mol. The number of hydrogen-bond donors (Lipinski definition) is 1. The largest absolute Gasteiger partial charge is 0.378 e. The predicted molar refractivity (Wildman–Crippen MR) is 135 cm³/mol. The van der Waals surface area contributed by atoms with E-state index in [2.05, 4.69) is 45.2 Å². The van der Waals surface area contributed by atoms with Crippen LogP contribution in [0, 0.1) is 0 Å². The van der Waals surface area contributed by atoms with Crippen LogP contribution >= 0.6 is 0 Å². The smallest absolute Gasteiger partial charge is 0.211 e. The summed E-state index contributed by atoms with van der Waals surface area (Å²) >= 11 is 0. The monoisotopic (exact) mass is 495 g/mol. The first kappa shape index (κ1) is 22.5. The predicted octanol–water partition coefficient (Wildman–Crippen LogP) is 1.79. The molecule has 10 nitrogen and oxygen atoms in total. The van der Waals surface area contributed by atoms with E-state index in [-0.39, 0.29) is 0 Å². The third kappa shape index (κ3) is 4.40. The second-order valence-electron chi connectivity index (χ2n) is 9.22. The molecular weight excluding hydrogens is 466 g/mol. The molecule has 2 fully saturated rings. The SMILES string of the molecule is CS(=O)(=O)N1CCN(Cc2cc3c(N4CCOCC4)nc(-c4cccc5[nH]ccc45)nn3c2)CC1. The Balaban J connectivity index is 1.36.